The van der Waals surface area contributed by atoms with Gasteiger partial charge in [0.25, 0.3) is 5.91 Å². The van der Waals surface area contributed by atoms with Gasteiger partial charge in [0.15, 0.2) is 6.61 Å². The van der Waals surface area contributed by atoms with E-state index < -0.39 is 6.04 Å². The SMILES string of the molecule is C[C@@H](C(=O)NC(C)(C)C)N(Cc1ccc(Br)cc1)C(=O)COc1ccccc1. The second kappa shape index (κ2) is 9.73. The van der Waals surface area contributed by atoms with Crippen LogP contribution in [0.5, 0.6) is 5.75 Å². The molecule has 0 aliphatic carbocycles. The Labute approximate surface area is 175 Å². The Balaban J connectivity index is 2.15. The summed E-state index contributed by atoms with van der Waals surface area (Å²) in [7, 11) is 0. The van der Waals surface area contributed by atoms with Crippen LogP contribution >= 0.6 is 15.9 Å². The van der Waals surface area contributed by atoms with Crippen molar-refractivity contribution in [3.05, 3.63) is 64.6 Å². The van der Waals surface area contributed by atoms with Crippen molar-refractivity contribution in [2.75, 3.05) is 6.61 Å². The highest BCUT2D eigenvalue weighted by Gasteiger charge is 2.28. The highest BCUT2D eigenvalue weighted by Crippen LogP contribution is 2.16. The average molecular weight is 447 g/mol. The van der Waals surface area contributed by atoms with Gasteiger partial charge in [0.05, 0.1) is 0 Å². The molecular weight excluding hydrogens is 420 g/mol. The number of benzene rings is 2. The van der Waals surface area contributed by atoms with Crippen LogP contribution in [0.2, 0.25) is 0 Å². The summed E-state index contributed by atoms with van der Waals surface area (Å²) in [5.74, 6) is 0.173. The Hall–Kier alpha value is -2.34. The number of hydrogen-bond acceptors (Lipinski definition) is 3. The molecule has 0 radical (unpaired) electrons. The van der Waals surface area contributed by atoms with Crippen molar-refractivity contribution in [2.45, 2.75) is 45.8 Å². The lowest BCUT2D eigenvalue weighted by atomic mass is 10.1. The number of carbonyl (C=O) groups is 2. The molecule has 2 amide bonds. The quantitative estimate of drug-likeness (QED) is 0.694. The van der Waals surface area contributed by atoms with E-state index in [2.05, 4.69) is 21.2 Å². The number of amides is 2. The maximum absolute atomic E-state index is 12.9. The van der Waals surface area contributed by atoms with Crippen LogP contribution in [0, 0.1) is 0 Å². The van der Waals surface area contributed by atoms with Gasteiger partial charge in [-0.2, -0.15) is 0 Å². The summed E-state index contributed by atoms with van der Waals surface area (Å²) in [6.07, 6.45) is 0. The van der Waals surface area contributed by atoms with Crippen molar-refractivity contribution in [3.8, 4) is 5.75 Å². The molecule has 0 saturated carbocycles. The third-order valence-corrected chi connectivity index (χ3v) is 4.57. The summed E-state index contributed by atoms with van der Waals surface area (Å²) < 4.78 is 6.56. The van der Waals surface area contributed by atoms with E-state index in [0.29, 0.717) is 12.3 Å². The van der Waals surface area contributed by atoms with Gasteiger partial charge in [-0.3, -0.25) is 9.59 Å². The molecule has 0 spiro atoms. The molecule has 0 saturated heterocycles. The van der Waals surface area contributed by atoms with E-state index in [0.717, 1.165) is 10.0 Å². The van der Waals surface area contributed by atoms with E-state index in [4.69, 9.17) is 4.74 Å². The molecule has 2 aromatic carbocycles. The molecule has 1 atom stereocenters. The highest BCUT2D eigenvalue weighted by atomic mass is 79.9. The zero-order chi connectivity index (χ0) is 20.7. The molecule has 2 rings (SSSR count). The van der Waals surface area contributed by atoms with Crippen molar-refractivity contribution < 1.29 is 14.3 Å². The normalized spacial score (nSPS) is 12.2. The van der Waals surface area contributed by atoms with Crippen molar-refractivity contribution >= 4 is 27.7 Å². The minimum Gasteiger partial charge on any atom is -0.484 e. The number of hydrogen-bond donors (Lipinski definition) is 1. The van der Waals surface area contributed by atoms with E-state index in [-0.39, 0.29) is 24.0 Å². The zero-order valence-electron chi connectivity index (χ0n) is 16.7. The molecule has 0 unspecified atom stereocenters. The second-order valence-corrected chi connectivity index (χ2v) is 8.58. The summed E-state index contributed by atoms with van der Waals surface area (Å²) in [6.45, 7) is 7.67. The van der Waals surface area contributed by atoms with Crippen LogP contribution < -0.4 is 10.1 Å². The maximum atomic E-state index is 12.9. The molecule has 0 aromatic heterocycles. The molecule has 0 bridgehead atoms. The number of para-hydroxylation sites is 1. The van der Waals surface area contributed by atoms with E-state index in [1.54, 1.807) is 24.0 Å². The molecular formula is C22H27BrN2O3. The molecule has 0 aliphatic rings. The fourth-order valence-electron chi connectivity index (χ4n) is 2.59. The summed E-state index contributed by atoms with van der Waals surface area (Å²) >= 11 is 3.41. The first-order valence-electron chi connectivity index (χ1n) is 9.19. The number of rotatable bonds is 7. The largest absolute Gasteiger partial charge is 0.484 e. The van der Waals surface area contributed by atoms with Gasteiger partial charge in [-0.1, -0.05) is 46.3 Å². The van der Waals surface area contributed by atoms with E-state index in [1.807, 2.05) is 63.2 Å². The Kier molecular flexibility index (Phi) is 7.63. The number of nitrogens with one attached hydrogen (secondary N) is 1. The summed E-state index contributed by atoms with van der Waals surface area (Å²) in [6, 6.07) is 16.2. The summed E-state index contributed by atoms with van der Waals surface area (Å²) in [5.41, 5.74) is 0.560. The van der Waals surface area contributed by atoms with Crippen LogP contribution in [0.15, 0.2) is 59.1 Å². The van der Waals surface area contributed by atoms with Crippen molar-refractivity contribution in [1.29, 1.82) is 0 Å². The first kappa shape index (κ1) is 22.0. The first-order valence-corrected chi connectivity index (χ1v) is 9.99. The third kappa shape index (κ3) is 7.00. The zero-order valence-corrected chi connectivity index (χ0v) is 18.3. The lowest BCUT2D eigenvalue weighted by Crippen LogP contribution is -2.53. The standard InChI is InChI=1S/C22H27BrN2O3/c1-16(21(27)24-22(2,3)4)25(14-17-10-12-18(23)13-11-17)20(26)15-28-19-8-6-5-7-9-19/h5-13,16H,14-15H2,1-4H3,(H,24,27)/t16-/m0/s1. The van der Waals surface area contributed by atoms with Crippen molar-refractivity contribution in [3.63, 3.8) is 0 Å². The molecule has 6 heteroatoms. The lowest BCUT2D eigenvalue weighted by Gasteiger charge is -2.31. The Morgan fingerprint density at radius 3 is 2.25 bits per heavy atom. The average Bonchev–Trinajstić information content (AvgIpc) is 2.64. The topological polar surface area (TPSA) is 58.6 Å². The maximum Gasteiger partial charge on any atom is 0.261 e. The molecule has 0 fully saturated rings. The Bertz CT molecular complexity index is 786. The Morgan fingerprint density at radius 1 is 1.07 bits per heavy atom. The number of halogens is 1. The molecule has 150 valence electrons. The van der Waals surface area contributed by atoms with Gasteiger partial charge < -0.3 is 15.0 Å². The van der Waals surface area contributed by atoms with Gasteiger partial charge in [0.2, 0.25) is 5.91 Å². The third-order valence-electron chi connectivity index (χ3n) is 4.04. The number of carbonyl (C=O) groups excluding carboxylic acids is 2. The van der Waals surface area contributed by atoms with E-state index in [1.165, 1.54) is 0 Å². The predicted molar refractivity (Wildman–Crippen MR) is 114 cm³/mol. The van der Waals surface area contributed by atoms with Gasteiger partial charge in [0, 0.05) is 16.6 Å². The molecule has 0 aliphatic heterocycles. The van der Waals surface area contributed by atoms with Crippen LogP contribution in [-0.2, 0) is 16.1 Å². The van der Waals surface area contributed by atoms with Gasteiger partial charge >= 0.3 is 0 Å². The van der Waals surface area contributed by atoms with Crippen LogP contribution in [-0.4, -0.2) is 34.9 Å². The van der Waals surface area contributed by atoms with Crippen LogP contribution in [0.4, 0.5) is 0 Å². The summed E-state index contributed by atoms with van der Waals surface area (Å²) in [4.78, 5) is 27.1. The molecule has 28 heavy (non-hydrogen) atoms. The second-order valence-electron chi connectivity index (χ2n) is 7.67. The lowest BCUT2D eigenvalue weighted by molar-refractivity contribution is -0.142. The van der Waals surface area contributed by atoms with Gasteiger partial charge in [-0.05, 0) is 57.5 Å². The first-order chi connectivity index (χ1) is 13.2. The number of ether oxygens (including phenoxy) is 1. The minimum absolute atomic E-state index is 0.131. The molecule has 1 N–H and O–H groups in total. The van der Waals surface area contributed by atoms with Crippen LogP contribution in [0.1, 0.15) is 33.3 Å². The van der Waals surface area contributed by atoms with Gasteiger partial charge in [0.1, 0.15) is 11.8 Å². The minimum atomic E-state index is -0.630. The highest BCUT2D eigenvalue weighted by molar-refractivity contribution is 9.10. The van der Waals surface area contributed by atoms with Gasteiger partial charge in [-0.25, -0.2) is 0 Å². The van der Waals surface area contributed by atoms with E-state index >= 15 is 0 Å². The van der Waals surface area contributed by atoms with E-state index in [9.17, 15) is 9.59 Å². The fourth-order valence-corrected chi connectivity index (χ4v) is 2.85. The molecule has 2 aromatic rings. The molecule has 0 heterocycles. The fraction of sp³-hybridized carbons (Fsp3) is 0.364. The predicted octanol–water partition coefficient (Wildman–Crippen LogP) is 4.16. The van der Waals surface area contributed by atoms with Gasteiger partial charge in [-0.15, -0.1) is 0 Å². The van der Waals surface area contributed by atoms with Crippen molar-refractivity contribution in [2.24, 2.45) is 0 Å². The number of nitrogens with zero attached hydrogens (tertiary/aromatic N) is 1. The summed E-state index contributed by atoms with van der Waals surface area (Å²) in [5, 5.41) is 2.94. The van der Waals surface area contributed by atoms with Crippen LogP contribution in [0.25, 0.3) is 0 Å². The monoisotopic (exact) mass is 446 g/mol. The smallest absolute Gasteiger partial charge is 0.261 e. The molecule has 5 nitrogen and oxygen atoms in total. The Morgan fingerprint density at radius 2 is 1.68 bits per heavy atom. The van der Waals surface area contributed by atoms with Crippen LogP contribution in [0.3, 0.4) is 0 Å². The van der Waals surface area contributed by atoms with Crippen molar-refractivity contribution in [1.82, 2.24) is 10.2 Å².